The quantitative estimate of drug-likeness (QED) is 0.797. The third-order valence-electron chi connectivity index (χ3n) is 3.74. The molecule has 2 atom stereocenters. The van der Waals surface area contributed by atoms with E-state index >= 15 is 0 Å². The molecule has 3 rings (SSSR count). The smallest absolute Gasteiger partial charge is 0.248 e. The summed E-state index contributed by atoms with van der Waals surface area (Å²) in [7, 11) is 0. The Balaban J connectivity index is 1.83. The Bertz CT molecular complexity index is 388. The average molecular weight is 243 g/mol. The summed E-state index contributed by atoms with van der Waals surface area (Å²) in [4.78, 5) is 1.39. The minimum Gasteiger partial charge on any atom is -0.309 e. The van der Waals surface area contributed by atoms with Gasteiger partial charge in [-0.05, 0) is 35.8 Å². The maximum atomic E-state index is 13.2. The monoisotopic (exact) mass is 243 g/mol. The van der Waals surface area contributed by atoms with Gasteiger partial charge in [-0.25, -0.2) is 8.78 Å². The number of rotatable bonds is 1. The first-order valence-corrected chi connectivity index (χ1v) is 6.71. The number of hydrogen-bond donors (Lipinski definition) is 1. The lowest BCUT2D eigenvalue weighted by Crippen LogP contribution is -2.33. The van der Waals surface area contributed by atoms with Crippen LogP contribution < -0.4 is 5.32 Å². The molecule has 4 heteroatoms. The zero-order chi connectivity index (χ0) is 11.2. The minimum absolute atomic E-state index is 0.0555. The predicted octanol–water partition coefficient (Wildman–Crippen LogP) is 3.37. The molecule has 0 bridgehead atoms. The van der Waals surface area contributed by atoms with Gasteiger partial charge in [0.2, 0.25) is 5.92 Å². The topological polar surface area (TPSA) is 12.0 Å². The van der Waals surface area contributed by atoms with Gasteiger partial charge in [0.05, 0.1) is 0 Å². The van der Waals surface area contributed by atoms with E-state index in [1.54, 1.807) is 11.3 Å². The van der Waals surface area contributed by atoms with Crippen LogP contribution in [0.5, 0.6) is 0 Å². The van der Waals surface area contributed by atoms with Crippen LogP contribution in [0.1, 0.15) is 35.7 Å². The zero-order valence-corrected chi connectivity index (χ0v) is 9.83. The van der Waals surface area contributed by atoms with E-state index in [9.17, 15) is 8.78 Å². The Labute approximate surface area is 97.9 Å². The van der Waals surface area contributed by atoms with Crippen LogP contribution >= 0.6 is 11.3 Å². The first-order valence-electron chi connectivity index (χ1n) is 5.83. The molecule has 2 aliphatic rings. The summed E-state index contributed by atoms with van der Waals surface area (Å²) in [6.07, 6.45) is 1.82. The second-order valence-electron chi connectivity index (χ2n) is 4.84. The fourth-order valence-corrected chi connectivity index (χ4v) is 3.90. The second-order valence-corrected chi connectivity index (χ2v) is 5.84. The Morgan fingerprint density at radius 2 is 2.31 bits per heavy atom. The van der Waals surface area contributed by atoms with Crippen LogP contribution in [0, 0.1) is 5.92 Å². The average Bonchev–Trinajstić information content (AvgIpc) is 2.83. The molecule has 1 aromatic rings. The molecule has 1 aromatic heterocycles. The number of halogens is 2. The fraction of sp³-hybridized carbons (Fsp3) is 0.667. The van der Waals surface area contributed by atoms with E-state index in [0.717, 1.165) is 13.0 Å². The van der Waals surface area contributed by atoms with E-state index in [4.69, 9.17) is 0 Å². The van der Waals surface area contributed by atoms with Crippen LogP contribution in [-0.2, 0) is 6.42 Å². The summed E-state index contributed by atoms with van der Waals surface area (Å²) >= 11 is 1.76. The van der Waals surface area contributed by atoms with Crippen LogP contribution in [0.25, 0.3) is 0 Å². The Morgan fingerprint density at radius 1 is 1.44 bits per heavy atom. The first kappa shape index (κ1) is 10.7. The molecule has 1 nitrogen and oxygen atoms in total. The molecule has 2 unspecified atom stereocenters. The van der Waals surface area contributed by atoms with Crippen molar-refractivity contribution in [2.24, 2.45) is 5.92 Å². The molecule has 1 fully saturated rings. The standard InChI is InChI=1S/C12H15F2NS/c13-12(14)4-1-8(7-12)11-9-3-6-16-10(9)2-5-15-11/h3,6,8,11,15H,1-2,4-5,7H2. The Hall–Kier alpha value is -0.480. The molecule has 0 radical (unpaired) electrons. The van der Waals surface area contributed by atoms with Crippen molar-refractivity contribution in [2.45, 2.75) is 37.6 Å². The van der Waals surface area contributed by atoms with Gasteiger partial charge in [0.15, 0.2) is 0 Å². The summed E-state index contributed by atoms with van der Waals surface area (Å²) in [6, 6.07) is 2.27. The van der Waals surface area contributed by atoms with Crippen molar-refractivity contribution in [2.75, 3.05) is 6.54 Å². The van der Waals surface area contributed by atoms with Crippen LogP contribution in [0.4, 0.5) is 8.78 Å². The van der Waals surface area contributed by atoms with Gasteiger partial charge in [-0.2, -0.15) is 0 Å². The molecule has 88 valence electrons. The summed E-state index contributed by atoms with van der Waals surface area (Å²) in [5, 5.41) is 5.50. The fourth-order valence-electron chi connectivity index (χ4n) is 2.97. The molecule has 1 aliphatic heterocycles. The summed E-state index contributed by atoms with van der Waals surface area (Å²) < 4.78 is 26.5. The number of nitrogens with one attached hydrogen (secondary N) is 1. The molecule has 0 saturated heterocycles. The van der Waals surface area contributed by atoms with Crippen LogP contribution in [0.15, 0.2) is 11.4 Å². The van der Waals surface area contributed by atoms with Gasteiger partial charge >= 0.3 is 0 Å². The van der Waals surface area contributed by atoms with Gasteiger partial charge in [-0.15, -0.1) is 11.3 Å². The van der Waals surface area contributed by atoms with Gasteiger partial charge < -0.3 is 5.32 Å². The molecule has 16 heavy (non-hydrogen) atoms. The van der Waals surface area contributed by atoms with Crippen molar-refractivity contribution in [1.29, 1.82) is 0 Å². The molecule has 1 N–H and O–H groups in total. The van der Waals surface area contributed by atoms with E-state index < -0.39 is 5.92 Å². The highest BCUT2D eigenvalue weighted by Crippen LogP contribution is 2.46. The molecule has 0 aromatic carbocycles. The third-order valence-corrected chi connectivity index (χ3v) is 4.74. The van der Waals surface area contributed by atoms with Crippen molar-refractivity contribution in [3.8, 4) is 0 Å². The van der Waals surface area contributed by atoms with Crippen LogP contribution in [0.2, 0.25) is 0 Å². The van der Waals surface area contributed by atoms with Gasteiger partial charge in [0, 0.05) is 30.3 Å². The second kappa shape index (κ2) is 3.77. The molecular weight excluding hydrogens is 228 g/mol. The van der Waals surface area contributed by atoms with Gasteiger partial charge in [0.1, 0.15) is 0 Å². The Kier molecular flexibility index (Phi) is 2.51. The maximum Gasteiger partial charge on any atom is 0.248 e. The van der Waals surface area contributed by atoms with E-state index in [0.29, 0.717) is 6.42 Å². The minimum atomic E-state index is -2.43. The lowest BCUT2D eigenvalue weighted by atomic mass is 9.89. The number of alkyl halides is 2. The largest absolute Gasteiger partial charge is 0.309 e. The number of hydrogen-bond acceptors (Lipinski definition) is 2. The van der Waals surface area contributed by atoms with Crippen LogP contribution in [-0.4, -0.2) is 12.5 Å². The van der Waals surface area contributed by atoms with Crippen molar-refractivity contribution in [3.63, 3.8) is 0 Å². The number of fused-ring (bicyclic) bond motifs is 1. The van der Waals surface area contributed by atoms with E-state index in [1.165, 1.54) is 10.4 Å². The first-order chi connectivity index (χ1) is 7.66. The molecule has 2 heterocycles. The molecule has 0 spiro atoms. The van der Waals surface area contributed by atoms with Gasteiger partial charge in [-0.1, -0.05) is 0 Å². The van der Waals surface area contributed by atoms with Crippen molar-refractivity contribution in [3.05, 3.63) is 21.9 Å². The predicted molar refractivity (Wildman–Crippen MR) is 61.1 cm³/mol. The lowest BCUT2D eigenvalue weighted by Gasteiger charge is -2.29. The highest BCUT2D eigenvalue weighted by molar-refractivity contribution is 7.10. The van der Waals surface area contributed by atoms with Crippen molar-refractivity contribution in [1.82, 2.24) is 5.32 Å². The SMILES string of the molecule is FC1(F)CCC(C2NCCc3sccc32)C1. The highest BCUT2D eigenvalue weighted by atomic mass is 32.1. The maximum absolute atomic E-state index is 13.2. The summed E-state index contributed by atoms with van der Waals surface area (Å²) in [6.45, 7) is 0.931. The highest BCUT2D eigenvalue weighted by Gasteiger charge is 2.43. The Morgan fingerprint density at radius 3 is 3.06 bits per heavy atom. The van der Waals surface area contributed by atoms with Crippen molar-refractivity contribution < 1.29 is 8.78 Å². The normalized spacial score (nSPS) is 32.6. The molecule has 1 aliphatic carbocycles. The summed E-state index contributed by atoms with van der Waals surface area (Å²) in [5.41, 5.74) is 1.28. The van der Waals surface area contributed by atoms with E-state index in [2.05, 4.69) is 16.8 Å². The van der Waals surface area contributed by atoms with Gasteiger partial charge in [-0.3, -0.25) is 0 Å². The molecule has 0 amide bonds. The van der Waals surface area contributed by atoms with Crippen molar-refractivity contribution >= 4 is 11.3 Å². The van der Waals surface area contributed by atoms with E-state index in [-0.39, 0.29) is 24.8 Å². The van der Waals surface area contributed by atoms with Crippen LogP contribution in [0.3, 0.4) is 0 Å². The number of thiophene rings is 1. The zero-order valence-electron chi connectivity index (χ0n) is 9.01. The van der Waals surface area contributed by atoms with Gasteiger partial charge in [0.25, 0.3) is 0 Å². The summed E-state index contributed by atoms with van der Waals surface area (Å²) in [5.74, 6) is -2.32. The molecule has 1 saturated carbocycles. The van der Waals surface area contributed by atoms with E-state index in [1.807, 2.05) is 0 Å². The molecular formula is C12H15F2NS. The lowest BCUT2D eigenvalue weighted by molar-refractivity contribution is 0.00317. The third kappa shape index (κ3) is 1.78.